The molecule has 2 heterocycles. The Morgan fingerprint density at radius 1 is 1.04 bits per heavy atom. The number of fused-ring (bicyclic) bond motifs is 1. The molecule has 0 aliphatic carbocycles. The standard InChI is InChI=1S/C19H20FN7O/c20-26-8-9-27(18-15(21)17(22)24-19(23)25-18)14(10-26)16(28)13-7-3-5-11-4-1-2-6-12(11)13/h1-7,14H,8-10,21H2,(H4,22,23,24,25). The lowest BCUT2D eigenvalue weighted by Crippen LogP contribution is -2.55. The molecule has 6 N–H and O–H groups in total. The molecule has 4 rings (SSSR count). The minimum Gasteiger partial charge on any atom is -0.393 e. The number of halogens is 1. The van der Waals surface area contributed by atoms with E-state index in [9.17, 15) is 9.28 Å². The maximum atomic E-state index is 14.1. The minimum absolute atomic E-state index is 0.0292. The average molecular weight is 381 g/mol. The van der Waals surface area contributed by atoms with Crippen LogP contribution in [0, 0.1) is 0 Å². The fraction of sp³-hybridized carbons (Fsp3) is 0.211. The highest BCUT2D eigenvalue weighted by molar-refractivity contribution is 6.11. The van der Waals surface area contributed by atoms with Crippen molar-refractivity contribution in [3.8, 4) is 0 Å². The van der Waals surface area contributed by atoms with Crippen LogP contribution in [0.5, 0.6) is 0 Å². The minimum atomic E-state index is -0.833. The summed E-state index contributed by atoms with van der Waals surface area (Å²) < 4.78 is 14.1. The summed E-state index contributed by atoms with van der Waals surface area (Å²) in [5.41, 5.74) is 18.2. The van der Waals surface area contributed by atoms with Crippen LogP contribution in [0.4, 0.5) is 27.8 Å². The van der Waals surface area contributed by atoms with Gasteiger partial charge in [0.05, 0.1) is 6.54 Å². The Morgan fingerprint density at radius 2 is 1.79 bits per heavy atom. The Morgan fingerprint density at radius 3 is 2.61 bits per heavy atom. The van der Waals surface area contributed by atoms with Crippen molar-refractivity contribution in [2.75, 3.05) is 41.7 Å². The molecule has 1 saturated heterocycles. The number of ketones is 1. The molecular formula is C19H20FN7O. The summed E-state index contributed by atoms with van der Waals surface area (Å²) in [7, 11) is 0. The molecule has 0 amide bonds. The van der Waals surface area contributed by atoms with Crippen molar-refractivity contribution in [3.63, 3.8) is 0 Å². The number of carbonyl (C=O) groups is 1. The predicted molar refractivity (Wildman–Crippen MR) is 107 cm³/mol. The van der Waals surface area contributed by atoms with Crippen molar-refractivity contribution in [1.29, 1.82) is 0 Å². The third kappa shape index (κ3) is 3.05. The molecule has 0 bridgehead atoms. The number of benzene rings is 2. The third-order valence-corrected chi connectivity index (χ3v) is 4.93. The zero-order chi connectivity index (χ0) is 19.8. The number of rotatable bonds is 3. The molecule has 0 radical (unpaired) electrons. The molecule has 2 aromatic carbocycles. The van der Waals surface area contributed by atoms with Gasteiger partial charge >= 0.3 is 0 Å². The fourth-order valence-electron chi connectivity index (χ4n) is 3.56. The van der Waals surface area contributed by atoms with Crippen LogP contribution in [0.25, 0.3) is 10.8 Å². The number of carbonyl (C=O) groups excluding carboxylic acids is 1. The SMILES string of the molecule is Nc1nc(N)c(N)c(N2CCN(F)CC2C(=O)c2cccc3ccccc23)n1. The molecular weight excluding hydrogens is 361 g/mol. The molecule has 3 aromatic rings. The van der Waals surface area contributed by atoms with E-state index in [-0.39, 0.29) is 48.7 Å². The number of nitrogen functional groups attached to an aromatic ring is 3. The highest BCUT2D eigenvalue weighted by Crippen LogP contribution is 2.31. The number of nitrogens with two attached hydrogens (primary N) is 3. The van der Waals surface area contributed by atoms with Gasteiger partial charge in [0, 0.05) is 18.7 Å². The van der Waals surface area contributed by atoms with E-state index in [1.165, 1.54) is 0 Å². The smallest absolute Gasteiger partial charge is 0.224 e. The van der Waals surface area contributed by atoms with E-state index in [4.69, 9.17) is 17.2 Å². The van der Waals surface area contributed by atoms with Gasteiger partial charge in [0.2, 0.25) is 5.95 Å². The summed E-state index contributed by atoms with van der Waals surface area (Å²) in [5.74, 6) is -0.00623. The average Bonchev–Trinajstić information content (AvgIpc) is 2.70. The first kappa shape index (κ1) is 17.9. The van der Waals surface area contributed by atoms with Gasteiger partial charge in [-0.1, -0.05) is 42.5 Å². The van der Waals surface area contributed by atoms with Crippen molar-refractivity contribution in [1.82, 2.24) is 15.1 Å². The fourth-order valence-corrected chi connectivity index (χ4v) is 3.56. The van der Waals surface area contributed by atoms with Gasteiger partial charge in [-0.2, -0.15) is 9.97 Å². The Hall–Kier alpha value is -3.46. The lowest BCUT2D eigenvalue weighted by molar-refractivity contribution is 0.00701. The Balaban J connectivity index is 1.80. The normalized spacial score (nSPS) is 17.8. The van der Waals surface area contributed by atoms with Crippen molar-refractivity contribution in [2.24, 2.45) is 0 Å². The molecule has 1 unspecified atom stereocenters. The highest BCUT2D eigenvalue weighted by atomic mass is 19.2. The topological polar surface area (TPSA) is 127 Å². The first-order valence-electron chi connectivity index (χ1n) is 8.83. The van der Waals surface area contributed by atoms with Crippen LogP contribution in [0.3, 0.4) is 0 Å². The van der Waals surface area contributed by atoms with Gasteiger partial charge in [-0.3, -0.25) is 4.79 Å². The predicted octanol–water partition coefficient (Wildman–Crippen LogP) is 1.63. The summed E-state index contributed by atoms with van der Waals surface area (Å²) in [6.45, 7) is 0.186. The molecule has 8 nitrogen and oxygen atoms in total. The Labute approximate surface area is 160 Å². The largest absolute Gasteiger partial charge is 0.393 e. The summed E-state index contributed by atoms with van der Waals surface area (Å²) in [4.78, 5) is 23.1. The van der Waals surface area contributed by atoms with Crippen LogP contribution in [0.15, 0.2) is 42.5 Å². The first-order chi connectivity index (χ1) is 13.5. The van der Waals surface area contributed by atoms with Gasteiger partial charge in [0.15, 0.2) is 17.4 Å². The van der Waals surface area contributed by atoms with E-state index < -0.39 is 6.04 Å². The number of anilines is 4. The second-order valence-electron chi connectivity index (χ2n) is 6.67. The molecule has 28 heavy (non-hydrogen) atoms. The van der Waals surface area contributed by atoms with Gasteiger partial charge in [-0.25, -0.2) is 0 Å². The molecule has 0 spiro atoms. The molecule has 1 aromatic heterocycles. The molecule has 0 saturated carbocycles. The quantitative estimate of drug-likeness (QED) is 0.461. The van der Waals surface area contributed by atoms with Gasteiger partial charge in [0.1, 0.15) is 11.7 Å². The van der Waals surface area contributed by atoms with Crippen LogP contribution < -0.4 is 22.1 Å². The molecule has 144 valence electrons. The van der Waals surface area contributed by atoms with Gasteiger partial charge in [-0.15, -0.1) is 9.60 Å². The second kappa shape index (κ2) is 6.93. The molecule has 1 atom stereocenters. The number of hydrogen-bond acceptors (Lipinski definition) is 8. The van der Waals surface area contributed by atoms with E-state index in [1.54, 1.807) is 11.0 Å². The summed E-state index contributed by atoms with van der Waals surface area (Å²) in [6, 6.07) is 12.2. The summed E-state index contributed by atoms with van der Waals surface area (Å²) in [6.07, 6.45) is 0. The van der Waals surface area contributed by atoms with Crippen molar-refractivity contribution >= 4 is 39.8 Å². The Bertz CT molecular complexity index is 1050. The Kier molecular flexibility index (Phi) is 4.44. The second-order valence-corrected chi connectivity index (χ2v) is 6.67. The number of aromatic nitrogens is 2. The van der Waals surface area contributed by atoms with Gasteiger partial charge < -0.3 is 22.1 Å². The van der Waals surface area contributed by atoms with E-state index in [2.05, 4.69) is 9.97 Å². The molecule has 9 heteroatoms. The summed E-state index contributed by atoms with van der Waals surface area (Å²) >= 11 is 0. The lowest BCUT2D eigenvalue weighted by Gasteiger charge is -2.38. The maximum Gasteiger partial charge on any atom is 0.224 e. The maximum absolute atomic E-state index is 14.1. The monoisotopic (exact) mass is 381 g/mol. The number of Topliss-reactive ketones (excluding diaryl/α,β-unsaturated/α-hetero) is 1. The zero-order valence-electron chi connectivity index (χ0n) is 15.0. The van der Waals surface area contributed by atoms with Crippen LogP contribution >= 0.6 is 0 Å². The third-order valence-electron chi connectivity index (χ3n) is 4.93. The van der Waals surface area contributed by atoms with Crippen LogP contribution in [0.2, 0.25) is 0 Å². The van der Waals surface area contributed by atoms with E-state index in [0.717, 1.165) is 10.8 Å². The van der Waals surface area contributed by atoms with Gasteiger partial charge in [0.25, 0.3) is 0 Å². The zero-order valence-corrected chi connectivity index (χ0v) is 15.0. The number of nitrogens with zero attached hydrogens (tertiary/aromatic N) is 4. The van der Waals surface area contributed by atoms with Crippen molar-refractivity contribution in [2.45, 2.75) is 6.04 Å². The first-order valence-corrected chi connectivity index (χ1v) is 8.83. The van der Waals surface area contributed by atoms with E-state index >= 15 is 0 Å². The number of hydrogen-bond donors (Lipinski definition) is 3. The lowest BCUT2D eigenvalue weighted by atomic mass is 9.95. The van der Waals surface area contributed by atoms with Crippen molar-refractivity contribution in [3.05, 3.63) is 48.0 Å². The van der Waals surface area contributed by atoms with Crippen LogP contribution in [-0.2, 0) is 0 Å². The number of piperazine rings is 1. The van der Waals surface area contributed by atoms with E-state index in [0.29, 0.717) is 10.7 Å². The summed E-state index contributed by atoms with van der Waals surface area (Å²) in [5, 5.41) is 2.36. The molecule has 1 fully saturated rings. The van der Waals surface area contributed by atoms with Crippen LogP contribution in [-0.4, -0.2) is 46.5 Å². The van der Waals surface area contributed by atoms with E-state index in [1.807, 2.05) is 36.4 Å². The van der Waals surface area contributed by atoms with Crippen molar-refractivity contribution < 1.29 is 9.28 Å². The van der Waals surface area contributed by atoms with Gasteiger partial charge in [-0.05, 0) is 10.8 Å². The molecule has 1 aliphatic rings. The molecule has 1 aliphatic heterocycles. The highest BCUT2D eigenvalue weighted by Gasteiger charge is 2.36. The van der Waals surface area contributed by atoms with Crippen LogP contribution in [0.1, 0.15) is 10.4 Å².